The maximum atomic E-state index is 11.2. The molecule has 0 unspecified atom stereocenters. The predicted molar refractivity (Wildman–Crippen MR) is 128 cm³/mol. The fourth-order valence-corrected chi connectivity index (χ4v) is 4.89. The summed E-state index contributed by atoms with van der Waals surface area (Å²) in [5, 5.41) is 15.2. The summed E-state index contributed by atoms with van der Waals surface area (Å²) in [7, 11) is 1.48. The Morgan fingerprint density at radius 1 is 1.29 bits per heavy atom. The van der Waals surface area contributed by atoms with Gasteiger partial charge in [0.1, 0.15) is 23.3 Å². The normalized spacial score (nSPS) is 22.1. The molecule has 0 radical (unpaired) electrons. The number of ether oxygens (including phenoxy) is 2. The number of hydrogen-bond acceptors (Lipinski definition) is 7. The van der Waals surface area contributed by atoms with Crippen molar-refractivity contribution < 1.29 is 18.8 Å². The van der Waals surface area contributed by atoms with E-state index in [1.165, 1.54) is 19.2 Å². The van der Waals surface area contributed by atoms with Crippen molar-refractivity contribution in [1.29, 1.82) is 0 Å². The van der Waals surface area contributed by atoms with Gasteiger partial charge < -0.3 is 24.1 Å². The second-order valence-corrected chi connectivity index (χ2v) is 8.64. The van der Waals surface area contributed by atoms with Gasteiger partial charge in [0.2, 0.25) is 0 Å². The number of nitro groups is 1. The minimum atomic E-state index is -0.453. The molecule has 3 atom stereocenters. The van der Waals surface area contributed by atoms with Crippen LogP contribution < -0.4 is 10.1 Å². The van der Waals surface area contributed by atoms with Crippen LogP contribution in [0, 0.1) is 10.1 Å². The van der Waals surface area contributed by atoms with Gasteiger partial charge in [-0.05, 0) is 55.4 Å². The lowest BCUT2D eigenvalue weighted by Crippen LogP contribution is -2.36. The number of rotatable bonds is 7. The van der Waals surface area contributed by atoms with Crippen LogP contribution >= 0.6 is 12.2 Å². The summed E-state index contributed by atoms with van der Waals surface area (Å²) in [6, 6.07) is 13.6. The van der Waals surface area contributed by atoms with Crippen LogP contribution in [0.25, 0.3) is 11.3 Å². The summed E-state index contributed by atoms with van der Waals surface area (Å²) in [5.74, 6) is 1.63. The van der Waals surface area contributed by atoms with Gasteiger partial charge in [0.05, 0.1) is 41.5 Å². The molecular weight excluding hydrogens is 456 g/mol. The number of methoxy groups -OCH3 is 1. The quantitative estimate of drug-likeness (QED) is 0.299. The van der Waals surface area contributed by atoms with E-state index < -0.39 is 4.92 Å². The Labute approximate surface area is 201 Å². The average molecular weight is 481 g/mol. The second kappa shape index (κ2) is 9.40. The van der Waals surface area contributed by atoms with Gasteiger partial charge >= 0.3 is 0 Å². The molecule has 0 saturated carbocycles. The molecular formula is C24H24N4O5S. The summed E-state index contributed by atoms with van der Waals surface area (Å²) in [5.41, 5.74) is 1.44. The molecule has 0 aliphatic carbocycles. The largest absolute Gasteiger partial charge is 0.496 e. The molecule has 0 amide bonds. The summed E-state index contributed by atoms with van der Waals surface area (Å²) >= 11 is 5.71. The number of benzene rings is 1. The predicted octanol–water partition coefficient (Wildman–Crippen LogP) is 4.41. The van der Waals surface area contributed by atoms with Gasteiger partial charge in [0.25, 0.3) is 5.69 Å². The molecule has 2 fully saturated rings. The third kappa shape index (κ3) is 4.22. The number of nitrogens with one attached hydrogen (secondary N) is 1. The van der Waals surface area contributed by atoms with Crippen molar-refractivity contribution in [2.24, 2.45) is 0 Å². The molecule has 1 aromatic carbocycles. The smallest absolute Gasteiger partial charge is 0.273 e. The molecule has 3 aromatic rings. The first kappa shape index (κ1) is 22.3. The Morgan fingerprint density at radius 2 is 2.18 bits per heavy atom. The van der Waals surface area contributed by atoms with E-state index in [0.717, 1.165) is 25.1 Å². The molecule has 10 heteroatoms. The highest BCUT2D eigenvalue weighted by Crippen LogP contribution is 2.42. The molecule has 2 aliphatic heterocycles. The van der Waals surface area contributed by atoms with E-state index >= 15 is 0 Å². The highest BCUT2D eigenvalue weighted by atomic mass is 32.1. The standard InChI is InChI=1S/C24H24N4O5S/c1-31-21-13-15(28(29)30)7-8-17(21)19-9-10-20(33-19)23-22(18-6-2-3-11-25-18)26-24(34)27(23)14-16-5-4-12-32-16/h2-3,6-11,13,16,22-23H,4-5,12,14H2,1H3,(H,26,34)/t16-,22+,23-/m1/s1. The van der Waals surface area contributed by atoms with Gasteiger partial charge in [-0.2, -0.15) is 0 Å². The number of aromatic nitrogens is 1. The van der Waals surface area contributed by atoms with Crippen LogP contribution in [0.5, 0.6) is 5.75 Å². The molecule has 0 bridgehead atoms. The second-order valence-electron chi connectivity index (χ2n) is 8.26. The van der Waals surface area contributed by atoms with Crippen molar-refractivity contribution in [3.05, 3.63) is 76.3 Å². The van der Waals surface area contributed by atoms with Crippen LogP contribution in [0.1, 0.15) is 36.4 Å². The van der Waals surface area contributed by atoms with Crippen LogP contribution in [0.15, 0.2) is 59.1 Å². The topological polar surface area (TPSA) is 103 Å². The van der Waals surface area contributed by atoms with E-state index in [1.54, 1.807) is 12.3 Å². The van der Waals surface area contributed by atoms with E-state index in [1.807, 2.05) is 30.3 Å². The lowest BCUT2D eigenvalue weighted by Gasteiger charge is -2.28. The highest BCUT2D eigenvalue weighted by molar-refractivity contribution is 7.80. The maximum Gasteiger partial charge on any atom is 0.273 e. The number of furan rings is 1. The van der Waals surface area contributed by atoms with E-state index in [-0.39, 0.29) is 23.9 Å². The van der Waals surface area contributed by atoms with Crippen molar-refractivity contribution in [1.82, 2.24) is 15.2 Å². The molecule has 5 rings (SSSR count). The third-order valence-electron chi connectivity index (χ3n) is 6.20. The fourth-order valence-electron chi connectivity index (χ4n) is 4.57. The van der Waals surface area contributed by atoms with E-state index in [2.05, 4.69) is 15.2 Å². The molecule has 176 valence electrons. The van der Waals surface area contributed by atoms with E-state index in [0.29, 0.717) is 34.5 Å². The van der Waals surface area contributed by atoms with Gasteiger partial charge in [0.15, 0.2) is 5.11 Å². The molecule has 1 N–H and O–H groups in total. The number of hydrogen-bond donors (Lipinski definition) is 1. The zero-order valence-electron chi connectivity index (χ0n) is 18.5. The number of nitrogens with zero attached hydrogens (tertiary/aromatic N) is 3. The summed E-state index contributed by atoms with van der Waals surface area (Å²) in [4.78, 5) is 17.4. The van der Waals surface area contributed by atoms with Gasteiger partial charge in [-0.1, -0.05) is 6.07 Å². The van der Waals surface area contributed by atoms with Gasteiger partial charge in [-0.15, -0.1) is 0 Å². The molecule has 0 spiro atoms. The zero-order valence-corrected chi connectivity index (χ0v) is 19.4. The Morgan fingerprint density at radius 3 is 2.88 bits per heavy atom. The van der Waals surface area contributed by atoms with Crippen molar-refractivity contribution in [2.75, 3.05) is 20.3 Å². The Hall–Kier alpha value is -3.50. The molecule has 9 nitrogen and oxygen atoms in total. The Balaban J connectivity index is 1.51. The monoisotopic (exact) mass is 480 g/mol. The van der Waals surface area contributed by atoms with Crippen LogP contribution in [0.2, 0.25) is 0 Å². The minimum Gasteiger partial charge on any atom is -0.496 e. The number of non-ortho nitro benzene ring substituents is 1. The molecule has 2 aliphatic rings. The zero-order chi connectivity index (χ0) is 23.7. The van der Waals surface area contributed by atoms with E-state index in [4.69, 9.17) is 26.1 Å². The molecule has 4 heterocycles. The molecule has 2 aromatic heterocycles. The van der Waals surface area contributed by atoms with Gasteiger partial charge in [-0.3, -0.25) is 15.1 Å². The highest BCUT2D eigenvalue weighted by Gasteiger charge is 2.43. The van der Waals surface area contributed by atoms with Crippen molar-refractivity contribution >= 4 is 23.0 Å². The first-order valence-corrected chi connectivity index (χ1v) is 11.5. The first-order valence-electron chi connectivity index (χ1n) is 11.1. The fraction of sp³-hybridized carbons (Fsp3) is 0.333. The van der Waals surface area contributed by atoms with E-state index in [9.17, 15) is 10.1 Å². The van der Waals surface area contributed by atoms with Crippen molar-refractivity contribution in [3.8, 4) is 17.1 Å². The van der Waals surface area contributed by atoms with Gasteiger partial charge in [-0.25, -0.2) is 0 Å². The Bertz CT molecular complexity index is 1200. The molecule has 34 heavy (non-hydrogen) atoms. The first-order chi connectivity index (χ1) is 16.5. The lowest BCUT2D eigenvalue weighted by atomic mass is 10.0. The van der Waals surface area contributed by atoms with Crippen LogP contribution in [0.4, 0.5) is 5.69 Å². The Kier molecular flexibility index (Phi) is 6.16. The SMILES string of the molecule is COc1cc([N+](=O)[O-])ccc1-c1ccc([C@@H]2[C@H](c3ccccn3)NC(=S)N2C[C@H]2CCCO2)o1. The van der Waals surface area contributed by atoms with Gasteiger partial charge in [0, 0.05) is 25.4 Å². The van der Waals surface area contributed by atoms with Crippen LogP contribution in [-0.2, 0) is 4.74 Å². The minimum absolute atomic E-state index is 0.0457. The number of thiocarbonyl (C=S) groups is 1. The van der Waals surface area contributed by atoms with Crippen LogP contribution in [0.3, 0.4) is 0 Å². The summed E-state index contributed by atoms with van der Waals surface area (Å²) in [6.07, 6.45) is 3.89. The summed E-state index contributed by atoms with van der Waals surface area (Å²) in [6.45, 7) is 1.41. The lowest BCUT2D eigenvalue weighted by molar-refractivity contribution is -0.384. The van der Waals surface area contributed by atoms with Crippen molar-refractivity contribution in [2.45, 2.75) is 31.0 Å². The average Bonchev–Trinajstić information content (AvgIpc) is 3.61. The maximum absolute atomic E-state index is 11.2. The molecule has 2 saturated heterocycles. The third-order valence-corrected chi connectivity index (χ3v) is 6.55. The van der Waals surface area contributed by atoms with Crippen molar-refractivity contribution in [3.63, 3.8) is 0 Å². The number of nitro benzene ring substituents is 1. The summed E-state index contributed by atoms with van der Waals surface area (Å²) < 4.78 is 17.6. The number of pyridine rings is 1. The van der Waals surface area contributed by atoms with Crippen LogP contribution in [-0.4, -0.2) is 46.3 Å².